The molecule has 1 aliphatic heterocycles. The third kappa shape index (κ3) is 3.81. The second-order valence-electron chi connectivity index (χ2n) is 5.03. The summed E-state index contributed by atoms with van der Waals surface area (Å²) in [4.78, 5) is 28.4. The van der Waals surface area contributed by atoms with Crippen molar-refractivity contribution in [3.8, 4) is 0 Å². The summed E-state index contributed by atoms with van der Waals surface area (Å²) in [5.41, 5.74) is -0.235. The van der Waals surface area contributed by atoms with Gasteiger partial charge in [0.2, 0.25) is 11.7 Å². The first-order valence-electron chi connectivity index (χ1n) is 6.84. The molecular weight excluding hydrogens is 296 g/mol. The van der Waals surface area contributed by atoms with Gasteiger partial charge in [-0.3, -0.25) is 14.9 Å². The second kappa shape index (κ2) is 6.71. The number of anilines is 1. The van der Waals surface area contributed by atoms with Crippen molar-refractivity contribution in [3.05, 3.63) is 27.4 Å². The quantitative estimate of drug-likeness (QED) is 0.681. The summed E-state index contributed by atoms with van der Waals surface area (Å²) in [7, 11) is 0. The van der Waals surface area contributed by atoms with E-state index < -0.39 is 11.0 Å². The van der Waals surface area contributed by atoms with E-state index >= 15 is 0 Å². The molecule has 114 valence electrons. The molecule has 21 heavy (non-hydrogen) atoms. The monoisotopic (exact) mass is 312 g/mol. The Morgan fingerprint density at radius 3 is 2.76 bits per heavy atom. The summed E-state index contributed by atoms with van der Waals surface area (Å²) in [6.07, 6.45) is 4.44. The fourth-order valence-electron chi connectivity index (χ4n) is 2.33. The van der Waals surface area contributed by atoms with Gasteiger partial charge < -0.3 is 10.2 Å². The summed E-state index contributed by atoms with van der Waals surface area (Å²) in [5, 5.41) is 14.0. The number of amides is 1. The van der Waals surface area contributed by atoms with Crippen molar-refractivity contribution in [3.63, 3.8) is 0 Å². The number of hydrogen-bond donors (Lipinski definition) is 1. The number of likely N-dealkylation sites (tertiary alicyclic amines) is 1. The minimum Gasteiger partial charge on any atom is -0.353 e. The van der Waals surface area contributed by atoms with Crippen molar-refractivity contribution in [2.75, 3.05) is 18.4 Å². The fourth-order valence-corrected chi connectivity index (χ4v) is 2.49. The third-order valence-electron chi connectivity index (χ3n) is 3.42. The predicted molar refractivity (Wildman–Crippen MR) is 79.4 cm³/mol. The number of rotatable bonds is 4. The fraction of sp³-hybridized carbons (Fsp3) is 0.538. The van der Waals surface area contributed by atoms with Gasteiger partial charge in [0.25, 0.3) is 0 Å². The van der Waals surface area contributed by atoms with Crippen molar-refractivity contribution < 1.29 is 9.72 Å². The van der Waals surface area contributed by atoms with Crippen molar-refractivity contribution in [2.24, 2.45) is 0 Å². The highest BCUT2D eigenvalue weighted by Crippen LogP contribution is 2.25. The molecule has 2 rings (SSSR count). The molecule has 0 bridgehead atoms. The zero-order valence-corrected chi connectivity index (χ0v) is 12.5. The van der Waals surface area contributed by atoms with Gasteiger partial charge in [0.05, 0.1) is 9.95 Å². The Labute approximate surface area is 127 Å². The molecule has 0 aromatic carbocycles. The van der Waals surface area contributed by atoms with Crippen LogP contribution in [0.3, 0.4) is 0 Å². The van der Waals surface area contributed by atoms with Crippen molar-refractivity contribution >= 4 is 29.0 Å². The van der Waals surface area contributed by atoms with Gasteiger partial charge in [0.15, 0.2) is 0 Å². The SMILES string of the molecule is CC(Nc1ncc(Cl)cc1[N+](=O)[O-])C(=O)N1CCCCC1. The Bertz CT molecular complexity index is 546. The number of carbonyl (C=O) groups is 1. The van der Waals surface area contributed by atoms with Crippen LogP contribution in [0.15, 0.2) is 12.3 Å². The molecule has 1 aliphatic rings. The molecule has 1 amide bonds. The summed E-state index contributed by atoms with van der Waals surface area (Å²) < 4.78 is 0. The average Bonchev–Trinajstić information content (AvgIpc) is 2.49. The van der Waals surface area contributed by atoms with Crippen LogP contribution in [-0.4, -0.2) is 39.8 Å². The molecule has 1 saturated heterocycles. The zero-order chi connectivity index (χ0) is 15.4. The number of nitrogens with one attached hydrogen (secondary N) is 1. The summed E-state index contributed by atoms with van der Waals surface area (Å²) in [5.74, 6) is -0.0111. The maximum Gasteiger partial charge on any atom is 0.312 e. The number of piperidine rings is 1. The first-order chi connectivity index (χ1) is 9.99. The molecule has 1 unspecified atom stereocenters. The zero-order valence-electron chi connectivity index (χ0n) is 11.7. The summed E-state index contributed by atoms with van der Waals surface area (Å²) in [6.45, 7) is 3.15. The van der Waals surface area contributed by atoms with Gasteiger partial charge in [-0.15, -0.1) is 0 Å². The van der Waals surface area contributed by atoms with E-state index in [2.05, 4.69) is 10.3 Å². The number of carbonyl (C=O) groups excluding carboxylic acids is 1. The van der Waals surface area contributed by atoms with Crippen LogP contribution in [0.2, 0.25) is 5.02 Å². The number of halogens is 1. The summed E-state index contributed by atoms with van der Waals surface area (Å²) >= 11 is 5.71. The van der Waals surface area contributed by atoms with Crippen LogP contribution < -0.4 is 5.32 Å². The highest BCUT2D eigenvalue weighted by molar-refractivity contribution is 6.30. The molecule has 1 aromatic rings. The Morgan fingerprint density at radius 2 is 2.14 bits per heavy atom. The van der Waals surface area contributed by atoms with E-state index in [1.54, 1.807) is 11.8 Å². The average molecular weight is 313 g/mol. The lowest BCUT2D eigenvalue weighted by atomic mass is 10.1. The molecule has 1 aromatic heterocycles. The molecule has 1 fully saturated rings. The van der Waals surface area contributed by atoms with Crippen LogP contribution in [-0.2, 0) is 4.79 Å². The highest BCUT2D eigenvalue weighted by Gasteiger charge is 2.25. The van der Waals surface area contributed by atoms with Crippen LogP contribution in [0.4, 0.5) is 11.5 Å². The number of nitrogens with zero attached hydrogens (tertiary/aromatic N) is 3. The number of pyridine rings is 1. The van der Waals surface area contributed by atoms with Crippen LogP contribution in [0.5, 0.6) is 0 Å². The van der Waals surface area contributed by atoms with E-state index in [-0.39, 0.29) is 22.4 Å². The predicted octanol–water partition coefficient (Wildman–Crippen LogP) is 2.46. The maximum absolute atomic E-state index is 12.3. The lowest BCUT2D eigenvalue weighted by molar-refractivity contribution is -0.384. The Kier molecular flexibility index (Phi) is 4.95. The van der Waals surface area contributed by atoms with Gasteiger partial charge >= 0.3 is 5.69 Å². The molecule has 8 heteroatoms. The number of nitro groups is 1. The largest absolute Gasteiger partial charge is 0.353 e. The molecule has 0 saturated carbocycles. The molecule has 7 nitrogen and oxygen atoms in total. The Hall–Kier alpha value is -1.89. The minimum atomic E-state index is -0.574. The van der Waals surface area contributed by atoms with Crippen LogP contribution in [0, 0.1) is 10.1 Å². The van der Waals surface area contributed by atoms with Gasteiger partial charge in [-0.2, -0.15) is 0 Å². The molecule has 1 atom stereocenters. The van der Waals surface area contributed by atoms with E-state index in [1.165, 1.54) is 12.3 Å². The van der Waals surface area contributed by atoms with Gasteiger partial charge in [0, 0.05) is 25.4 Å². The van der Waals surface area contributed by atoms with Gasteiger partial charge in [-0.1, -0.05) is 11.6 Å². The Balaban J connectivity index is 2.10. The van der Waals surface area contributed by atoms with Crippen molar-refractivity contribution in [1.82, 2.24) is 9.88 Å². The molecule has 0 spiro atoms. The molecule has 1 N–H and O–H groups in total. The lowest BCUT2D eigenvalue weighted by Gasteiger charge is -2.29. The molecule has 2 heterocycles. The maximum atomic E-state index is 12.3. The van der Waals surface area contributed by atoms with E-state index in [0.29, 0.717) is 0 Å². The molecule has 0 aliphatic carbocycles. The van der Waals surface area contributed by atoms with Crippen LogP contribution in [0.25, 0.3) is 0 Å². The van der Waals surface area contributed by atoms with E-state index in [0.717, 1.165) is 32.4 Å². The standard InChI is InChI=1S/C13H17ClN4O3/c1-9(13(19)17-5-3-2-4-6-17)16-12-11(18(20)21)7-10(14)8-15-12/h7-9H,2-6H2,1H3,(H,15,16). The van der Waals surface area contributed by atoms with Gasteiger partial charge in [0.1, 0.15) is 6.04 Å². The first kappa shape index (κ1) is 15.5. The number of hydrogen-bond acceptors (Lipinski definition) is 5. The van der Waals surface area contributed by atoms with Crippen molar-refractivity contribution in [2.45, 2.75) is 32.2 Å². The highest BCUT2D eigenvalue weighted by atomic mass is 35.5. The lowest BCUT2D eigenvalue weighted by Crippen LogP contribution is -2.44. The minimum absolute atomic E-state index is 0.0576. The van der Waals surface area contributed by atoms with Gasteiger partial charge in [-0.05, 0) is 26.2 Å². The van der Waals surface area contributed by atoms with Crippen LogP contribution in [0.1, 0.15) is 26.2 Å². The second-order valence-corrected chi connectivity index (χ2v) is 5.47. The Morgan fingerprint density at radius 1 is 1.48 bits per heavy atom. The van der Waals surface area contributed by atoms with Crippen molar-refractivity contribution in [1.29, 1.82) is 0 Å². The molecular formula is C13H17ClN4O3. The summed E-state index contributed by atoms with van der Waals surface area (Å²) in [6, 6.07) is 0.644. The normalized spacial score (nSPS) is 16.4. The first-order valence-corrected chi connectivity index (χ1v) is 7.22. The van der Waals surface area contributed by atoms with Gasteiger partial charge in [-0.25, -0.2) is 4.98 Å². The topological polar surface area (TPSA) is 88.4 Å². The molecule has 0 radical (unpaired) electrons. The number of aromatic nitrogens is 1. The smallest absolute Gasteiger partial charge is 0.312 e. The third-order valence-corrected chi connectivity index (χ3v) is 3.63. The van der Waals surface area contributed by atoms with Crippen LogP contribution >= 0.6 is 11.6 Å². The van der Waals surface area contributed by atoms with E-state index in [4.69, 9.17) is 11.6 Å². The van der Waals surface area contributed by atoms with E-state index in [1.807, 2.05) is 0 Å². The van der Waals surface area contributed by atoms with E-state index in [9.17, 15) is 14.9 Å².